The van der Waals surface area contributed by atoms with Crippen LogP contribution in [0, 0.1) is 17.6 Å². The van der Waals surface area contributed by atoms with Gasteiger partial charge in [-0.15, -0.1) is 0 Å². The zero-order chi connectivity index (χ0) is 25.5. The summed E-state index contributed by atoms with van der Waals surface area (Å²) in [5.74, 6) is -1.96. The number of amides is 2. The Labute approximate surface area is 209 Å². The Kier molecular flexibility index (Phi) is 6.34. The second-order valence-electron chi connectivity index (χ2n) is 10.5. The predicted molar refractivity (Wildman–Crippen MR) is 128 cm³/mol. The van der Waals surface area contributed by atoms with Gasteiger partial charge in [-0.3, -0.25) is 9.78 Å². The number of piperidine rings is 1. The first-order valence-electron chi connectivity index (χ1n) is 12.5. The Morgan fingerprint density at radius 3 is 2.28 bits per heavy atom. The topological polar surface area (TPSA) is 80.8 Å². The summed E-state index contributed by atoms with van der Waals surface area (Å²) < 4.78 is 40.7. The van der Waals surface area contributed by atoms with Crippen molar-refractivity contribution in [3.8, 4) is 16.9 Å². The maximum absolute atomic E-state index is 14.8. The Morgan fingerprint density at radius 1 is 1.08 bits per heavy atom. The summed E-state index contributed by atoms with van der Waals surface area (Å²) in [6, 6.07) is 6.02. The van der Waals surface area contributed by atoms with Crippen LogP contribution in [-0.4, -0.2) is 47.2 Å². The number of rotatable bonds is 7. The van der Waals surface area contributed by atoms with Gasteiger partial charge in [0.25, 0.3) is 0 Å². The first-order chi connectivity index (χ1) is 17.2. The molecule has 192 valence electrons. The molecule has 2 aliphatic carbocycles. The number of aromatic nitrogens is 1. The molecule has 0 unspecified atom stereocenters. The lowest BCUT2D eigenvalue weighted by atomic mass is 9.98. The highest BCUT2D eigenvalue weighted by molar-refractivity contribution is 5.74. The van der Waals surface area contributed by atoms with Crippen molar-refractivity contribution in [1.82, 2.24) is 15.2 Å². The molecule has 1 aliphatic heterocycles. The largest absolute Gasteiger partial charge is 0.487 e. The summed E-state index contributed by atoms with van der Waals surface area (Å²) >= 11 is 0. The van der Waals surface area contributed by atoms with Crippen molar-refractivity contribution in [2.45, 2.75) is 63.5 Å². The van der Waals surface area contributed by atoms with E-state index in [0.717, 1.165) is 31.4 Å². The van der Waals surface area contributed by atoms with Crippen molar-refractivity contribution in [1.29, 1.82) is 0 Å². The molecule has 5 rings (SSSR count). The van der Waals surface area contributed by atoms with E-state index in [0.29, 0.717) is 37.1 Å². The third kappa shape index (κ3) is 5.29. The summed E-state index contributed by atoms with van der Waals surface area (Å²) in [4.78, 5) is 29.8. The fourth-order valence-electron chi connectivity index (χ4n) is 4.66. The van der Waals surface area contributed by atoms with E-state index in [1.165, 1.54) is 19.1 Å². The van der Waals surface area contributed by atoms with E-state index in [-0.39, 0.29) is 30.1 Å². The number of hydrogen-bond donors (Lipinski definition) is 1. The molecular weight excluding hydrogens is 468 g/mol. The molecule has 2 amide bonds. The molecule has 0 spiro atoms. The number of hydrogen-bond acceptors (Lipinski definition) is 5. The van der Waals surface area contributed by atoms with Crippen molar-refractivity contribution in [3.05, 3.63) is 47.8 Å². The number of likely N-dealkylation sites (tertiary alicyclic amines) is 1. The maximum atomic E-state index is 14.8. The van der Waals surface area contributed by atoms with E-state index < -0.39 is 22.9 Å². The second kappa shape index (κ2) is 9.33. The number of pyridine rings is 1. The molecule has 2 heterocycles. The number of carbonyl (C=O) groups excluding carboxylic acids is 2. The van der Waals surface area contributed by atoms with Gasteiger partial charge in [0, 0.05) is 31.8 Å². The van der Waals surface area contributed by atoms with Gasteiger partial charge >= 0.3 is 6.09 Å². The molecular formula is C27H31F2N3O4. The minimum atomic E-state index is -0.773. The number of halogens is 2. The van der Waals surface area contributed by atoms with Crippen molar-refractivity contribution in [3.63, 3.8) is 0 Å². The van der Waals surface area contributed by atoms with Gasteiger partial charge in [-0.25, -0.2) is 13.6 Å². The zero-order valence-electron chi connectivity index (χ0n) is 20.6. The first-order valence-corrected chi connectivity index (χ1v) is 12.5. The van der Waals surface area contributed by atoms with Crippen LogP contribution < -0.4 is 10.1 Å². The Hall–Kier alpha value is -3.23. The molecule has 9 heteroatoms. The van der Waals surface area contributed by atoms with Crippen LogP contribution in [0.1, 0.15) is 58.1 Å². The molecule has 0 radical (unpaired) electrons. The van der Waals surface area contributed by atoms with E-state index in [1.54, 1.807) is 23.2 Å². The summed E-state index contributed by atoms with van der Waals surface area (Å²) in [5, 5.41) is 2.93. The van der Waals surface area contributed by atoms with E-state index in [4.69, 9.17) is 9.47 Å². The molecule has 3 aliphatic rings. The fraction of sp³-hybridized carbons (Fsp3) is 0.519. The maximum Gasteiger partial charge on any atom is 0.410 e. The number of nitrogens with zero attached hydrogens (tertiary/aromatic N) is 2. The summed E-state index contributed by atoms with van der Waals surface area (Å²) in [5.41, 5.74) is 0.939. The molecule has 0 atom stereocenters. The molecule has 7 nitrogen and oxygen atoms in total. The summed E-state index contributed by atoms with van der Waals surface area (Å²) in [6.07, 6.45) is 6.09. The average molecular weight is 500 g/mol. The van der Waals surface area contributed by atoms with Gasteiger partial charge in [0.05, 0.1) is 17.8 Å². The van der Waals surface area contributed by atoms with Gasteiger partial charge in [0.2, 0.25) is 5.91 Å². The third-order valence-corrected chi connectivity index (χ3v) is 7.37. The lowest BCUT2D eigenvalue weighted by Gasteiger charge is -2.32. The number of ether oxygens (including phenoxy) is 2. The van der Waals surface area contributed by atoms with Crippen LogP contribution in [0.25, 0.3) is 11.1 Å². The third-order valence-electron chi connectivity index (χ3n) is 7.37. The minimum Gasteiger partial charge on any atom is -0.487 e. The van der Waals surface area contributed by atoms with E-state index in [9.17, 15) is 18.4 Å². The fourth-order valence-corrected chi connectivity index (χ4v) is 4.66. The highest BCUT2D eigenvalue weighted by Gasteiger charge is 2.46. The van der Waals surface area contributed by atoms with E-state index >= 15 is 0 Å². The molecule has 1 aromatic heterocycles. The minimum absolute atomic E-state index is 0.0964. The van der Waals surface area contributed by atoms with Crippen LogP contribution in [0.2, 0.25) is 0 Å². The first kappa shape index (κ1) is 24.5. The van der Waals surface area contributed by atoms with Gasteiger partial charge in [0.15, 0.2) is 17.4 Å². The molecule has 1 saturated heterocycles. The highest BCUT2D eigenvalue weighted by atomic mass is 19.1. The molecule has 3 fully saturated rings. The normalized spacial score (nSPS) is 19.9. The van der Waals surface area contributed by atoms with Gasteiger partial charge in [-0.2, -0.15) is 0 Å². The van der Waals surface area contributed by atoms with Gasteiger partial charge in [0.1, 0.15) is 5.60 Å². The highest BCUT2D eigenvalue weighted by Crippen LogP contribution is 2.45. The molecule has 1 N–H and O–H groups in total. The van der Waals surface area contributed by atoms with Crippen molar-refractivity contribution in [2.24, 2.45) is 5.92 Å². The van der Waals surface area contributed by atoms with Crippen LogP contribution >= 0.6 is 0 Å². The zero-order valence-corrected chi connectivity index (χ0v) is 20.6. The van der Waals surface area contributed by atoms with Crippen LogP contribution in [0.3, 0.4) is 0 Å². The average Bonchev–Trinajstić information content (AvgIpc) is 3.77. The van der Waals surface area contributed by atoms with Crippen LogP contribution in [0.4, 0.5) is 13.6 Å². The smallest absolute Gasteiger partial charge is 0.410 e. The van der Waals surface area contributed by atoms with Crippen molar-refractivity contribution < 1.29 is 27.8 Å². The second-order valence-corrected chi connectivity index (χ2v) is 10.5. The predicted octanol–water partition coefficient (Wildman–Crippen LogP) is 4.93. The van der Waals surface area contributed by atoms with Crippen LogP contribution in [-0.2, 0) is 15.1 Å². The number of nitrogens with one attached hydrogen (secondary N) is 1. The van der Waals surface area contributed by atoms with Crippen molar-refractivity contribution in [2.75, 3.05) is 19.7 Å². The number of carbonyl (C=O) groups is 2. The van der Waals surface area contributed by atoms with Gasteiger partial charge in [-0.1, -0.05) is 6.07 Å². The Bertz CT molecular complexity index is 1130. The van der Waals surface area contributed by atoms with Crippen molar-refractivity contribution >= 4 is 12.0 Å². The lowest BCUT2D eigenvalue weighted by molar-refractivity contribution is -0.120. The van der Waals surface area contributed by atoms with E-state index in [1.807, 2.05) is 6.92 Å². The standard InChI is InChI=1S/C27H31F2N3O4/c1-17(33)31-27(9-10-27)23-4-3-19(15-30-23)20-13-21(28)24(22(29)14-20)35-16-18-5-11-32(12-6-18)25(34)36-26(2)7-8-26/h3-4,13-15,18H,5-12,16H2,1-2H3,(H,31,33). The van der Waals surface area contributed by atoms with Crippen LogP contribution in [0.5, 0.6) is 5.75 Å². The summed E-state index contributed by atoms with van der Waals surface area (Å²) in [6.45, 7) is 4.66. The number of benzene rings is 1. The van der Waals surface area contributed by atoms with E-state index in [2.05, 4.69) is 10.3 Å². The molecule has 0 bridgehead atoms. The Balaban J connectivity index is 1.17. The molecule has 36 heavy (non-hydrogen) atoms. The van der Waals surface area contributed by atoms with Crippen LogP contribution in [0.15, 0.2) is 30.5 Å². The molecule has 2 aromatic rings. The molecule has 1 aromatic carbocycles. The quantitative estimate of drug-likeness (QED) is 0.584. The Morgan fingerprint density at radius 2 is 1.75 bits per heavy atom. The van der Waals surface area contributed by atoms with Gasteiger partial charge < -0.3 is 19.7 Å². The summed E-state index contributed by atoms with van der Waals surface area (Å²) in [7, 11) is 0. The van der Waals surface area contributed by atoms with Gasteiger partial charge in [-0.05, 0) is 75.1 Å². The monoisotopic (exact) mass is 499 g/mol. The lowest BCUT2D eigenvalue weighted by Crippen LogP contribution is -2.41. The molecule has 2 saturated carbocycles. The SMILES string of the molecule is CC(=O)NC1(c2ccc(-c3cc(F)c(OCC4CCN(C(=O)OC5(C)CC5)CC4)c(F)c3)cn2)CC1.